The zero-order chi connectivity index (χ0) is 8.97. The van der Waals surface area contributed by atoms with E-state index in [1.54, 1.807) is 11.3 Å². The second-order valence-electron chi connectivity index (χ2n) is 2.08. The van der Waals surface area contributed by atoms with Crippen molar-refractivity contribution in [3.05, 3.63) is 20.8 Å². The lowest BCUT2D eigenvalue weighted by Crippen LogP contribution is -1.97. The minimum absolute atomic E-state index is 0.171. The van der Waals surface area contributed by atoms with Crippen molar-refractivity contribution >= 4 is 45.0 Å². The van der Waals surface area contributed by atoms with Crippen molar-refractivity contribution in [1.82, 2.24) is 0 Å². The van der Waals surface area contributed by atoms with Crippen LogP contribution in [0.2, 0.25) is 0 Å². The molecule has 0 unspecified atom stereocenters. The SMILES string of the molecule is O=C(O)CSCc1sccc1Br. The molecule has 12 heavy (non-hydrogen) atoms. The van der Waals surface area contributed by atoms with E-state index in [1.807, 2.05) is 11.4 Å². The van der Waals surface area contributed by atoms with Crippen LogP contribution in [0.3, 0.4) is 0 Å². The van der Waals surface area contributed by atoms with Crippen LogP contribution in [-0.4, -0.2) is 16.8 Å². The Morgan fingerprint density at radius 3 is 3.00 bits per heavy atom. The highest BCUT2D eigenvalue weighted by Gasteiger charge is 2.02. The molecular formula is C7H7BrO2S2. The van der Waals surface area contributed by atoms with Gasteiger partial charge >= 0.3 is 5.97 Å². The highest BCUT2D eigenvalue weighted by Crippen LogP contribution is 2.26. The van der Waals surface area contributed by atoms with Crippen LogP contribution in [0, 0.1) is 0 Å². The first kappa shape index (κ1) is 10.1. The smallest absolute Gasteiger partial charge is 0.313 e. The second-order valence-corrected chi connectivity index (χ2v) is 4.92. The minimum atomic E-state index is -0.757. The molecule has 5 heteroatoms. The fourth-order valence-electron chi connectivity index (χ4n) is 0.659. The number of aliphatic carboxylic acids is 1. The van der Waals surface area contributed by atoms with Crippen LogP contribution < -0.4 is 0 Å². The summed E-state index contributed by atoms with van der Waals surface area (Å²) in [6.45, 7) is 0. The van der Waals surface area contributed by atoms with Gasteiger partial charge in [0.1, 0.15) is 0 Å². The highest BCUT2D eigenvalue weighted by atomic mass is 79.9. The van der Waals surface area contributed by atoms with Crippen LogP contribution in [-0.2, 0) is 10.5 Å². The van der Waals surface area contributed by atoms with Gasteiger partial charge in [-0.1, -0.05) is 0 Å². The van der Waals surface area contributed by atoms with E-state index in [4.69, 9.17) is 5.11 Å². The summed E-state index contributed by atoms with van der Waals surface area (Å²) in [7, 11) is 0. The number of thioether (sulfide) groups is 1. The lowest BCUT2D eigenvalue weighted by atomic mass is 10.5. The van der Waals surface area contributed by atoms with E-state index < -0.39 is 5.97 Å². The maximum Gasteiger partial charge on any atom is 0.313 e. The molecule has 0 bridgehead atoms. The molecule has 1 N–H and O–H groups in total. The Kier molecular flexibility index (Phi) is 4.11. The van der Waals surface area contributed by atoms with Gasteiger partial charge in [0.05, 0.1) is 5.75 Å². The van der Waals surface area contributed by atoms with Crippen LogP contribution in [0.4, 0.5) is 0 Å². The zero-order valence-corrected chi connectivity index (χ0v) is 9.34. The summed E-state index contributed by atoms with van der Waals surface area (Å²) < 4.78 is 1.07. The average molecular weight is 267 g/mol. The molecule has 2 nitrogen and oxygen atoms in total. The molecule has 1 aromatic heterocycles. The normalized spacial score (nSPS) is 10.1. The Morgan fingerprint density at radius 1 is 1.75 bits per heavy atom. The Bertz CT molecular complexity index is 272. The molecule has 1 heterocycles. The predicted octanol–water partition coefficient (Wildman–Crippen LogP) is 2.83. The van der Waals surface area contributed by atoms with Gasteiger partial charge in [-0.25, -0.2) is 0 Å². The number of carboxylic acids is 1. The Labute approximate surface area is 87.1 Å². The van der Waals surface area contributed by atoms with Gasteiger partial charge < -0.3 is 5.11 Å². The lowest BCUT2D eigenvalue weighted by molar-refractivity contribution is -0.133. The van der Waals surface area contributed by atoms with E-state index in [-0.39, 0.29) is 5.75 Å². The fraction of sp³-hybridized carbons (Fsp3) is 0.286. The average Bonchev–Trinajstić information content (AvgIpc) is 2.36. The Balaban J connectivity index is 2.33. The molecular weight excluding hydrogens is 260 g/mol. The Morgan fingerprint density at radius 2 is 2.50 bits per heavy atom. The summed E-state index contributed by atoms with van der Waals surface area (Å²) in [5.41, 5.74) is 0. The van der Waals surface area contributed by atoms with E-state index in [2.05, 4.69) is 15.9 Å². The molecule has 0 aliphatic rings. The maximum atomic E-state index is 10.2. The van der Waals surface area contributed by atoms with Crippen molar-refractivity contribution in [2.45, 2.75) is 5.75 Å². The molecule has 1 rings (SSSR count). The summed E-state index contributed by atoms with van der Waals surface area (Å²) >= 11 is 6.44. The first-order valence-corrected chi connectivity index (χ1v) is 6.04. The zero-order valence-electron chi connectivity index (χ0n) is 6.12. The van der Waals surface area contributed by atoms with Gasteiger partial charge in [-0.05, 0) is 27.4 Å². The summed E-state index contributed by atoms with van der Waals surface area (Å²) in [4.78, 5) is 11.4. The van der Waals surface area contributed by atoms with Crippen LogP contribution in [0.5, 0.6) is 0 Å². The van der Waals surface area contributed by atoms with Crippen molar-refractivity contribution in [1.29, 1.82) is 0 Å². The highest BCUT2D eigenvalue weighted by molar-refractivity contribution is 9.10. The van der Waals surface area contributed by atoms with E-state index in [0.717, 1.165) is 10.2 Å². The maximum absolute atomic E-state index is 10.2. The molecule has 0 aliphatic carbocycles. The van der Waals surface area contributed by atoms with E-state index in [1.165, 1.54) is 16.6 Å². The molecule has 0 fully saturated rings. The first-order valence-electron chi connectivity index (χ1n) is 3.21. The van der Waals surface area contributed by atoms with Crippen molar-refractivity contribution in [3.63, 3.8) is 0 Å². The van der Waals surface area contributed by atoms with Gasteiger partial charge in [-0.15, -0.1) is 23.1 Å². The van der Waals surface area contributed by atoms with Gasteiger partial charge in [0.15, 0.2) is 0 Å². The second kappa shape index (κ2) is 4.89. The van der Waals surface area contributed by atoms with E-state index >= 15 is 0 Å². The molecule has 0 saturated carbocycles. The number of halogens is 1. The molecule has 0 aliphatic heterocycles. The van der Waals surface area contributed by atoms with Crippen LogP contribution in [0.15, 0.2) is 15.9 Å². The fourth-order valence-corrected chi connectivity index (χ4v) is 3.26. The number of thiophene rings is 1. The third-order valence-electron chi connectivity index (χ3n) is 1.15. The number of carbonyl (C=O) groups is 1. The molecule has 66 valence electrons. The van der Waals surface area contributed by atoms with Crippen molar-refractivity contribution < 1.29 is 9.90 Å². The molecule has 0 spiro atoms. The number of carboxylic acid groups (broad SMARTS) is 1. The summed E-state index contributed by atoms with van der Waals surface area (Å²) in [6.07, 6.45) is 0. The van der Waals surface area contributed by atoms with Crippen LogP contribution >= 0.6 is 39.0 Å². The van der Waals surface area contributed by atoms with Crippen LogP contribution in [0.25, 0.3) is 0 Å². The van der Waals surface area contributed by atoms with Gasteiger partial charge in [-0.2, -0.15) is 0 Å². The monoisotopic (exact) mass is 266 g/mol. The molecule has 0 amide bonds. The number of rotatable bonds is 4. The molecule has 0 saturated heterocycles. The molecule has 0 atom stereocenters. The largest absolute Gasteiger partial charge is 0.481 e. The topological polar surface area (TPSA) is 37.3 Å². The first-order chi connectivity index (χ1) is 5.70. The standard InChI is InChI=1S/C7H7BrO2S2/c8-5-1-2-12-6(5)3-11-4-7(9)10/h1-2H,3-4H2,(H,9,10). The van der Waals surface area contributed by atoms with E-state index in [0.29, 0.717) is 0 Å². The molecule has 0 radical (unpaired) electrons. The van der Waals surface area contributed by atoms with Crippen molar-refractivity contribution in [2.24, 2.45) is 0 Å². The number of hydrogen-bond donors (Lipinski definition) is 1. The van der Waals surface area contributed by atoms with Crippen LogP contribution in [0.1, 0.15) is 4.88 Å². The third kappa shape index (κ3) is 3.16. The molecule has 1 aromatic rings. The van der Waals surface area contributed by atoms with E-state index in [9.17, 15) is 4.79 Å². The van der Waals surface area contributed by atoms with Gasteiger partial charge in [0.2, 0.25) is 0 Å². The quantitative estimate of drug-likeness (QED) is 0.911. The van der Waals surface area contributed by atoms with Gasteiger partial charge in [-0.3, -0.25) is 4.79 Å². The predicted molar refractivity (Wildman–Crippen MR) is 55.8 cm³/mol. The summed E-state index contributed by atoms with van der Waals surface area (Å²) in [5, 5.41) is 10.4. The third-order valence-corrected chi connectivity index (χ3v) is 4.20. The van der Waals surface area contributed by atoms with Gasteiger partial charge in [0, 0.05) is 15.1 Å². The van der Waals surface area contributed by atoms with Crippen molar-refractivity contribution in [3.8, 4) is 0 Å². The lowest BCUT2D eigenvalue weighted by Gasteiger charge is -1.95. The van der Waals surface area contributed by atoms with Gasteiger partial charge in [0.25, 0.3) is 0 Å². The summed E-state index contributed by atoms with van der Waals surface area (Å²) in [5.74, 6) is 0.183. The minimum Gasteiger partial charge on any atom is -0.481 e. The Hall–Kier alpha value is -0.000000000000000111. The molecule has 0 aromatic carbocycles. The van der Waals surface area contributed by atoms with Crippen molar-refractivity contribution in [2.75, 3.05) is 5.75 Å². The number of hydrogen-bond acceptors (Lipinski definition) is 3. The summed E-state index contributed by atoms with van der Waals surface area (Å²) in [6, 6.07) is 1.97.